The molecule has 68 valence electrons. The second-order valence-corrected chi connectivity index (χ2v) is 1.84. The number of urea groups is 1. The molecular formula is C7H12N2O3. The Kier molecular flexibility index (Phi) is 5.42. The molecule has 0 aliphatic carbocycles. The van der Waals surface area contributed by atoms with Crippen molar-refractivity contribution in [2.45, 2.75) is 6.92 Å². The number of carbonyl (C=O) groups excluding carboxylic acids is 2. The molecule has 0 atom stereocenters. The number of hydrogen-bond donors (Lipinski definition) is 2. The van der Waals surface area contributed by atoms with Crippen molar-refractivity contribution in [3.8, 4) is 0 Å². The van der Waals surface area contributed by atoms with E-state index in [1.807, 2.05) is 5.32 Å². The van der Waals surface area contributed by atoms with Crippen LogP contribution in [0, 0.1) is 0 Å². The third-order valence-corrected chi connectivity index (χ3v) is 0.898. The summed E-state index contributed by atoms with van der Waals surface area (Å²) in [5.74, 6) is 0. The number of hydrogen-bond acceptors (Lipinski definition) is 3. The molecule has 3 amide bonds. The Hall–Kier alpha value is -1.52. The minimum absolute atomic E-state index is 0.237. The first-order chi connectivity index (χ1) is 5.70. The van der Waals surface area contributed by atoms with Crippen LogP contribution < -0.4 is 10.6 Å². The second-order valence-electron chi connectivity index (χ2n) is 1.84. The molecule has 5 heteroatoms. The Balaban J connectivity index is 3.54. The quantitative estimate of drug-likeness (QED) is 0.613. The molecule has 2 N–H and O–H groups in total. The zero-order valence-corrected chi connectivity index (χ0v) is 6.92. The molecular weight excluding hydrogens is 160 g/mol. The molecule has 0 spiro atoms. The van der Waals surface area contributed by atoms with Gasteiger partial charge in [-0.05, 0) is 6.92 Å². The average molecular weight is 172 g/mol. The zero-order chi connectivity index (χ0) is 9.40. The summed E-state index contributed by atoms with van der Waals surface area (Å²) in [6, 6.07) is -0.589. The first-order valence-corrected chi connectivity index (χ1v) is 3.53. The van der Waals surface area contributed by atoms with Crippen molar-refractivity contribution in [3.05, 3.63) is 12.7 Å². The number of alkyl carbamates (subject to hydrolysis) is 1. The third-order valence-electron chi connectivity index (χ3n) is 0.898. The molecule has 0 radical (unpaired) electrons. The highest BCUT2D eigenvalue weighted by molar-refractivity contribution is 5.90. The van der Waals surface area contributed by atoms with Gasteiger partial charge in [-0.3, -0.25) is 0 Å². The summed E-state index contributed by atoms with van der Waals surface area (Å²) in [4.78, 5) is 21.3. The van der Waals surface area contributed by atoms with Crippen LogP contribution in [-0.4, -0.2) is 25.3 Å². The van der Waals surface area contributed by atoms with E-state index in [1.165, 1.54) is 6.08 Å². The topological polar surface area (TPSA) is 67.4 Å². The van der Waals surface area contributed by atoms with Crippen LogP contribution in [0.25, 0.3) is 0 Å². The molecule has 0 aromatic rings. The fraction of sp³-hybridized carbons (Fsp3) is 0.429. The lowest BCUT2D eigenvalue weighted by Gasteiger charge is -2.03. The Morgan fingerprint density at radius 2 is 2.25 bits per heavy atom. The summed E-state index contributed by atoms with van der Waals surface area (Å²) < 4.78 is 4.46. The number of amides is 3. The Morgan fingerprint density at radius 3 is 2.75 bits per heavy atom. The predicted octanol–water partition coefficient (Wildman–Crippen LogP) is 0.628. The van der Waals surface area contributed by atoms with Gasteiger partial charge in [0.15, 0.2) is 0 Å². The maximum atomic E-state index is 10.7. The molecule has 0 heterocycles. The maximum absolute atomic E-state index is 10.7. The van der Waals surface area contributed by atoms with E-state index in [0.717, 1.165) is 0 Å². The van der Waals surface area contributed by atoms with E-state index in [0.29, 0.717) is 6.54 Å². The minimum Gasteiger partial charge on any atom is -0.450 e. The average Bonchev–Trinajstić information content (AvgIpc) is 2.01. The molecule has 0 rings (SSSR count). The minimum atomic E-state index is -0.751. The lowest BCUT2D eigenvalue weighted by Crippen LogP contribution is -2.39. The fourth-order valence-electron chi connectivity index (χ4n) is 0.469. The van der Waals surface area contributed by atoms with E-state index < -0.39 is 12.1 Å². The van der Waals surface area contributed by atoms with Crippen molar-refractivity contribution < 1.29 is 14.3 Å². The van der Waals surface area contributed by atoms with Crippen molar-refractivity contribution in [1.82, 2.24) is 10.6 Å². The monoisotopic (exact) mass is 172 g/mol. The molecule has 0 aromatic carbocycles. The Morgan fingerprint density at radius 1 is 1.58 bits per heavy atom. The maximum Gasteiger partial charge on any atom is 0.415 e. The van der Waals surface area contributed by atoms with Gasteiger partial charge in [0.1, 0.15) is 0 Å². The number of rotatable bonds is 3. The predicted molar refractivity (Wildman–Crippen MR) is 43.8 cm³/mol. The number of ether oxygens (including phenoxy) is 1. The van der Waals surface area contributed by atoms with Crippen molar-refractivity contribution in [3.63, 3.8) is 0 Å². The summed E-state index contributed by atoms with van der Waals surface area (Å²) in [6.45, 7) is 5.59. The highest BCUT2D eigenvalue weighted by Crippen LogP contribution is 1.75. The first-order valence-electron chi connectivity index (χ1n) is 3.53. The van der Waals surface area contributed by atoms with Crippen LogP contribution in [0.15, 0.2) is 12.7 Å². The number of imide groups is 1. The lowest BCUT2D eigenvalue weighted by atomic mass is 10.6. The molecule has 0 aromatic heterocycles. The van der Waals surface area contributed by atoms with E-state index in [2.05, 4.69) is 16.6 Å². The fourth-order valence-corrected chi connectivity index (χ4v) is 0.469. The Labute approximate surface area is 70.8 Å². The molecule has 12 heavy (non-hydrogen) atoms. The van der Waals surface area contributed by atoms with Gasteiger partial charge >= 0.3 is 12.1 Å². The first kappa shape index (κ1) is 10.5. The summed E-state index contributed by atoms with van der Waals surface area (Å²) in [7, 11) is 0. The lowest BCUT2D eigenvalue weighted by molar-refractivity contribution is 0.153. The second kappa shape index (κ2) is 6.21. The number of nitrogens with one attached hydrogen (secondary N) is 2. The van der Waals surface area contributed by atoms with Crippen molar-refractivity contribution in [2.24, 2.45) is 0 Å². The molecule has 0 saturated heterocycles. The van der Waals surface area contributed by atoms with Gasteiger partial charge in [-0.1, -0.05) is 6.08 Å². The van der Waals surface area contributed by atoms with E-state index in [-0.39, 0.29) is 6.61 Å². The molecule has 0 fully saturated rings. The largest absolute Gasteiger partial charge is 0.450 e. The van der Waals surface area contributed by atoms with Crippen LogP contribution in [0.5, 0.6) is 0 Å². The summed E-state index contributed by atoms with van der Waals surface area (Å²) in [5, 5.41) is 4.31. The van der Waals surface area contributed by atoms with E-state index >= 15 is 0 Å². The van der Waals surface area contributed by atoms with Gasteiger partial charge in [0.05, 0.1) is 6.61 Å². The summed E-state index contributed by atoms with van der Waals surface area (Å²) in [6.07, 6.45) is 0.754. The number of carbonyl (C=O) groups is 2. The van der Waals surface area contributed by atoms with Crippen LogP contribution in [0.2, 0.25) is 0 Å². The van der Waals surface area contributed by atoms with Gasteiger partial charge in [-0.2, -0.15) is 0 Å². The zero-order valence-electron chi connectivity index (χ0n) is 6.92. The van der Waals surface area contributed by atoms with Gasteiger partial charge < -0.3 is 10.1 Å². The molecule has 0 saturated carbocycles. The SMILES string of the molecule is C=CCNC(=O)NC(=O)OCC. The summed E-state index contributed by atoms with van der Waals surface area (Å²) in [5.41, 5.74) is 0. The molecule has 5 nitrogen and oxygen atoms in total. The van der Waals surface area contributed by atoms with Gasteiger partial charge in [0.2, 0.25) is 0 Å². The van der Waals surface area contributed by atoms with Crippen LogP contribution >= 0.6 is 0 Å². The van der Waals surface area contributed by atoms with Gasteiger partial charge in [0, 0.05) is 6.54 Å². The molecule has 0 aliphatic rings. The Bertz CT molecular complexity index is 179. The normalized spacial score (nSPS) is 8.42. The van der Waals surface area contributed by atoms with E-state index in [9.17, 15) is 9.59 Å². The van der Waals surface area contributed by atoms with Crippen molar-refractivity contribution in [2.75, 3.05) is 13.2 Å². The van der Waals surface area contributed by atoms with Gasteiger partial charge in [-0.25, -0.2) is 14.9 Å². The van der Waals surface area contributed by atoms with Crippen molar-refractivity contribution >= 4 is 12.1 Å². The van der Waals surface area contributed by atoms with Crippen LogP contribution in [0.3, 0.4) is 0 Å². The van der Waals surface area contributed by atoms with Crippen molar-refractivity contribution in [1.29, 1.82) is 0 Å². The standard InChI is InChI=1S/C7H12N2O3/c1-3-5-8-6(10)9-7(11)12-4-2/h3H,1,4-5H2,2H3,(H2,8,9,10,11). The summed E-state index contributed by atoms with van der Waals surface area (Å²) >= 11 is 0. The van der Waals surface area contributed by atoms with Crippen LogP contribution in [0.1, 0.15) is 6.92 Å². The van der Waals surface area contributed by atoms with Gasteiger partial charge in [-0.15, -0.1) is 6.58 Å². The molecule has 0 unspecified atom stereocenters. The van der Waals surface area contributed by atoms with E-state index in [1.54, 1.807) is 6.92 Å². The molecule has 0 aliphatic heterocycles. The highest BCUT2D eigenvalue weighted by Gasteiger charge is 2.04. The van der Waals surface area contributed by atoms with Crippen LogP contribution in [-0.2, 0) is 4.74 Å². The smallest absolute Gasteiger partial charge is 0.415 e. The molecule has 0 bridgehead atoms. The van der Waals surface area contributed by atoms with Gasteiger partial charge in [0.25, 0.3) is 0 Å². The highest BCUT2D eigenvalue weighted by atomic mass is 16.5. The van der Waals surface area contributed by atoms with E-state index in [4.69, 9.17) is 0 Å². The third kappa shape index (κ3) is 5.28. The van der Waals surface area contributed by atoms with Crippen LogP contribution in [0.4, 0.5) is 9.59 Å².